The van der Waals surface area contributed by atoms with E-state index in [9.17, 15) is 4.79 Å². The number of carbonyl (C=O) groups is 1. The van der Waals surface area contributed by atoms with Gasteiger partial charge in [0.2, 0.25) is 11.0 Å². The third-order valence-electron chi connectivity index (χ3n) is 4.84. The van der Waals surface area contributed by atoms with Crippen LogP contribution in [0.15, 0.2) is 95.3 Å². The summed E-state index contributed by atoms with van der Waals surface area (Å²) >= 11 is 2.87. The van der Waals surface area contributed by atoms with E-state index in [2.05, 4.69) is 57.2 Å². The number of hydrogen-bond donors (Lipinski definition) is 2. The van der Waals surface area contributed by atoms with Crippen LogP contribution in [0.25, 0.3) is 0 Å². The van der Waals surface area contributed by atoms with Gasteiger partial charge in [-0.1, -0.05) is 114 Å². The molecule has 0 fully saturated rings. The first-order valence-corrected chi connectivity index (χ1v) is 12.2. The number of nitrogens with zero attached hydrogens (tertiary/aromatic N) is 2. The van der Waals surface area contributed by atoms with Crippen LogP contribution in [0.5, 0.6) is 0 Å². The Balaban J connectivity index is 1.31. The maximum absolute atomic E-state index is 12.7. The Morgan fingerprint density at radius 1 is 0.844 bits per heavy atom. The van der Waals surface area contributed by atoms with Crippen molar-refractivity contribution in [2.45, 2.75) is 23.3 Å². The second-order valence-corrected chi connectivity index (χ2v) is 9.42. The molecule has 1 unspecified atom stereocenters. The molecular formula is C25H24N4OS2. The molecule has 7 heteroatoms. The second kappa shape index (κ2) is 11.5. The van der Waals surface area contributed by atoms with Crippen LogP contribution < -0.4 is 10.6 Å². The summed E-state index contributed by atoms with van der Waals surface area (Å²) in [5, 5.41) is 15.6. The number of anilines is 1. The minimum absolute atomic E-state index is 0.0196. The molecular weight excluding hydrogens is 436 g/mol. The van der Waals surface area contributed by atoms with Gasteiger partial charge < -0.3 is 10.6 Å². The normalized spacial score (nSPS) is 11.6. The van der Waals surface area contributed by atoms with E-state index in [0.717, 1.165) is 21.5 Å². The van der Waals surface area contributed by atoms with Gasteiger partial charge in [-0.3, -0.25) is 4.79 Å². The molecule has 0 radical (unpaired) electrons. The summed E-state index contributed by atoms with van der Waals surface area (Å²) in [4.78, 5) is 12.7. The van der Waals surface area contributed by atoms with Crippen LogP contribution in [-0.4, -0.2) is 21.9 Å². The van der Waals surface area contributed by atoms with E-state index in [1.54, 1.807) is 0 Å². The van der Waals surface area contributed by atoms with E-state index in [4.69, 9.17) is 0 Å². The Hall–Kier alpha value is -3.16. The number of thioether (sulfide) groups is 1. The van der Waals surface area contributed by atoms with Crippen molar-refractivity contribution in [1.29, 1.82) is 0 Å². The summed E-state index contributed by atoms with van der Waals surface area (Å²) in [7, 11) is 0. The molecule has 3 aromatic carbocycles. The van der Waals surface area contributed by atoms with E-state index >= 15 is 0 Å². The van der Waals surface area contributed by atoms with Crippen molar-refractivity contribution >= 4 is 34.1 Å². The predicted molar refractivity (Wildman–Crippen MR) is 132 cm³/mol. The zero-order valence-electron chi connectivity index (χ0n) is 17.5. The molecule has 0 spiro atoms. The van der Waals surface area contributed by atoms with Gasteiger partial charge in [-0.25, -0.2) is 0 Å². The average Bonchev–Trinajstić information content (AvgIpc) is 3.31. The number of amides is 1. The van der Waals surface area contributed by atoms with Gasteiger partial charge >= 0.3 is 0 Å². The van der Waals surface area contributed by atoms with Gasteiger partial charge in [0, 0.05) is 6.54 Å². The topological polar surface area (TPSA) is 66.9 Å². The molecule has 1 amide bonds. The Labute approximate surface area is 196 Å². The van der Waals surface area contributed by atoms with Crippen LogP contribution in [-0.2, 0) is 17.8 Å². The number of aromatic nitrogens is 2. The van der Waals surface area contributed by atoms with Gasteiger partial charge in [0.05, 0.1) is 11.8 Å². The van der Waals surface area contributed by atoms with Gasteiger partial charge in [-0.2, -0.15) is 0 Å². The monoisotopic (exact) mass is 460 g/mol. The van der Waals surface area contributed by atoms with E-state index in [1.807, 2.05) is 54.6 Å². The molecule has 1 heterocycles. The summed E-state index contributed by atoms with van der Waals surface area (Å²) in [5.74, 6) is 0.277. The van der Waals surface area contributed by atoms with Crippen molar-refractivity contribution < 1.29 is 4.79 Å². The second-order valence-electron chi connectivity index (χ2n) is 7.22. The highest BCUT2D eigenvalue weighted by atomic mass is 32.2. The van der Waals surface area contributed by atoms with E-state index < -0.39 is 0 Å². The number of hydrogen-bond acceptors (Lipinski definition) is 6. The molecule has 0 bridgehead atoms. The Morgan fingerprint density at radius 3 is 2.16 bits per heavy atom. The highest BCUT2D eigenvalue weighted by Crippen LogP contribution is 2.26. The Bertz CT molecular complexity index is 1100. The first kappa shape index (κ1) is 22.0. The van der Waals surface area contributed by atoms with Crippen LogP contribution in [0.1, 0.15) is 22.7 Å². The van der Waals surface area contributed by atoms with Crippen molar-refractivity contribution in [2.75, 3.05) is 11.1 Å². The van der Waals surface area contributed by atoms with Crippen LogP contribution in [0, 0.1) is 0 Å². The van der Waals surface area contributed by atoms with Crippen LogP contribution in [0.3, 0.4) is 0 Å². The van der Waals surface area contributed by atoms with Crippen molar-refractivity contribution in [1.82, 2.24) is 15.5 Å². The summed E-state index contributed by atoms with van der Waals surface area (Å²) in [6.07, 6.45) is 0.744. The zero-order chi connectivity index (χ0) is 22.0. The fourth-order valence-corrected chi connectivity index (χ4v) is 4.82. The van der Waals surface area contributed by atoms with E-state index in [0.29, 0.717) is 12.3 Å². The Kier molecular flexibility index (Phi) is 7.89. The SMILES string of the molecule is O=C(CSc1nnc(NCc2ccccc2)s1)NC(Cc1ccccc1)c1ccccc1. The van der Waals surface area contributed by atoms with Crippen molar-refractivity contribution in [3.63, 3.8) is 0 Å². The fraction of sp³-hybridized carbons (Fsp3) is 0.160. The summed E-state index contributed by atoms with van der Waals surface area (Å²) in [6.45, 7) is 0.693. The number of benzene rings is 3. The molecule has 0 aliphatic carbocycles. The predicted octanol–water partition coefficient (Wildman–Crippen LogP) is 5.34. The lowest BCUT2D eigenvalue weighted by Gasteiger charge is -2.19. The van der Waals surface area contributed by atoms with Gasteiger partial charge in [-0.15, -0.1) is 10.2 Å². The number of nitrogens with one attached hydrogen (secondary N) is 2. The lowest BCUT2D eigenvalue weighted by Crippen LogP contribution is -2.31. The maximum Gasteiger partial charge on any atom is 0.230 e. The largest absolute Gasteiger partial charge is 0.356 e. The standard InChI is InChI=1S/C25H24N4OS2/c30-23(18-31-25-29-28-24(32-25)26-17-20-12-6-2-7-13-20)27-22(21-14-8-3-9-15-21)16-19-10-4-1-5-11-19/h1-15,22H,16-18H2,(H,26,28)(H,27,30). The molecule has 1 aromatic heterocycles. The third-order valence-corrected chi connectivity index (χ3v) is 6.85. The summed E-state index contributed by atoms with van der Waals surface area (Å²) in [6, 6.07) is 30.4. The number of rotatable bonds is 10. The summed E-state index contributed by atoms with van der Waals surface area (Å²) in [5.41, 5.74) is 3.47. The van der Waals surface area contributed by atoms with Gasteiger partial charge in [0.1, 0.15) is 0 Å². The lowest BCUT2D eigenvalue weighted by molar-refractivity contribution is -0.119. The zero-order valence-corrected chi connectivity index (χ0v) is 19.1. The van der Waals surface area contributed by atoms with E-state index in [-0.39, 0.29) is 11.9 Å². The van der Waals surface area contributed by atoms with Crippen LogP contribution >= 0.6 is 23.1 Å². The molecule has 32 heavy (non-hydrogen) atoms. The fourth-order valence-electron chi connectivity index (χ4n) is 3.26. The quantitative estimate of drug-likeness (QED) is 0.313. The summed E-state index contributed by atoms with van der Waals surface area (Å²) < 4.78 is 0.773. The van der Waals surface area contributed by atoms with Crippen molar-refractivity contribution in [2.24, 2.45) is 0 Å². The molecule has 162 valence electrons. The van der Waals surface area contributed by atoms with E-state index in [1.165, 1.54) is 34.2 Å². The van der Waals surface area contributed by atoms with Crippen LogP contribution in [0.4, 0.5) is 5.13 Å². The molecule has 1 atom stereocenters. The molecule has 0 aliphatic heterocycles. The molecule has 4 rings (SSSR count). The molecule has 0 saturated carbocycles. The highest BCUT2D eigenvalue weighted by molar-refractivity contribution is 8.01. The average molecular weight is 461 g/mol. The van der Waals surface area contributed by atoms with Gasteiger partial charge in [-0.05, 0) is 23.1 Å². The first-order chi connectivity index (χ1) is 15.8. The van der Waals surface area contributed by atoms with Gasteiger partial charge in [0.25, 0.3) is 0 Å². The molecule has 5 nitrogen and oxygen atoms in total. The van der Waals surface area contributed by atoms with Crippen LogP contribution in [0.2, 0.25) is 0 Å². The lowest BCUT2D eigenvalue weighted by atomic mass is 9.99. The first-order valence-electron chi connectivity index (χ1n) is 10.4. The van der Waals surface area contributed by atoms with Crippen molar-refractivity contribution in [3.05, 3.63) is 108 Å². The molecule has 0 aliphatic rings. The smallest absolute Gasteiger partial charge is 0.230 e. The van der Waals surface area contributed by atoms with Crippen molar-refractivity contribution in [3.8, 4) is 0 Å². The minimum Gasteiger partial charge on any atom is -0.356 e. The molecule has 0 saturated heterocycles. The maximum atomic E-state index is 12.7. The Morgan fingerprint density at radius 2 is 1.47 bits per heavy atom. The molecule has 2 N–H and O–H groups in total. The highest BCUT2D eigenvalue weighted by Gasteiger charge is 2.16. The molecule has 4 aromatic rings. The van der Waals surface area contributed by atoms with Gasteiger partial charge in [0.15, 0.2) is 4.34 Å². The third kappa shape index (κ3) is 6.67. The number of carbonyl (C=O) groups excluding carboxylic acids is 1. The minimum atomic E-state index is -0.0794.